The van der Waals surface area contributed by atoms with Gasteiger partial charge in [-0.1, -0.05) is 0 Å². The fraction of sp³-hybridized carbons (Fsp3) is 0.154. The summed E-state index contributed by atoms with van der Waals surface area (Å²) in [6.07, 6.45) is 0. The minimum Gasteiger partial charge on any atom is -0.497 e. The van der Waals surface area contributed by atoms with Gasteiger partial charge in [0.15, 0.2) is 0 Å². The fourth-order valence-corrected chi connectivity index (χ4v) is 3.46. The Morgan fingerprint density at radius 3 is 2.00 bits per heavy atom. The van der Waals surface area contributed by atoms with E-state index in [0.717, 1.165) is 0 Å². The van der Waals surface area contributed by atoms with Gasteiger partial charge < -0.3 is 28.1 Å². The van der Waals surface area contributed by atoms with E-state index >= 15 is 0 Å². The van der Waals surface area contributed by atoms with Crippen LogP contribution >= 0.6 is 0 Å². The maximum atomic E-state index is 12.8. The molecule has 174 valence electrons. The first-order chi connectivity index (χ1) is 16.4. The van der Waals surface area contributed by atoms with Crippen LogP contribution in [-0.4, -0.2) is 34.4 Å². The fourth-order valence-electron chi connectivity index (χ4n) is 3.46. The van der Waals surface area contributed by atoms with Crippen molar-refractivity contribution in [2.45, 2.75) is 0 Å². The molecule has 0 amide bonds. The Kier molecular flexibility index (Phi) is 6.40. The molecule has 0 saturated heterocycles. The number of fused-ring (bicyclic) bond motifs is 1. The van der Waals surface area contributed by atoms with Crippen LogP contribution in [-0.2, 0) is 0 Å². The van der Waals surface area contributed by atoms with E-state index in [1.807, 2.05) is 0 Å². The van der Waals surface area contributed by atoms with E-state index in [2.05, 4.69) is 0 Å². The van der Waals surface area contributed by atoms with Crippen molar-refractivity contribution in [2.24, 2.45) is 0 Å². The molecule has 34 heavy (non-hydrogen) atoms. The molecule has 1 aromatic heterocycles. The van der Waals surface area contributed by atoms with E-state index in [4.69, 9.17) is 28.1 Å². The van der Waals surface area contributed by atoms with E-state index < -0.39 is 11.6 Å². The zero-order valence-corrected chi connectivity index (χ0v) is 19.0. The lowest BCUT2D eigenvalue weighted by atomic mass is 10.0. The summed E-state index contributed by atoms with van der Waals surface area (Å²) in [5.74, 6) is 1.59. The van der Waals surface area contributed by atoms with Crippen LogP contribution in [0.25, 0.3) is 22.1 Å². The molecular formula is C26H22O8. The molecular weight excluding hydrogens is 440 g/mol. The minimum atomic E-state index is -0.614. The highest BCUT2D eigenvalue weighted by atomic mass is 16.5. The first-order valence-corrected chi connectivity index (χ1v) is 10.2. The SMILES string of the molecule is COc1cc(OC)cc(C(=O)Oc2ccc3cc(-c4cc(OC)ccc4OC)c(=O)oc3c2)c1. The average Bonchev–Trinajstić information content (AvgIpc) is 2.87. The molecule has 0 unspecified atom stereocenters. The molecule has 1 heterocycles. The monoisotopic (exact) mass is 462 g/mol. The molecule has 4 aromatic rings. The van der Waals surface area contributed by atoms with Gasteiger partial charge >= 0.3 is 11.6 Å². The largest absolute Gasteiger partial charge is 0.497 e. The molecule has 0 saturated carbocycles. The van der Waals surface area contributed by atoms with Gasteiger partial charge in [0, 0.05) is 23.1 Å². The molecule has 0 aliphatic carbocycles. The van der Waals surface area contributed by atoms with Crippen molar-refractivity contribution in [3.05, 3.63) is 76.6 Å². The quantitative estimate of drug-likeness (QED) is 0.221. The first-order valence-electron chi connectivity index (χ1n) is 10.2. The van der Waals surface area contributed by atoms with Gasteiger partial charge in [0.25, 0.3) is 0 Å². The van der Waals surface area contributed by atoms with E-state index in [9.17, 15) is 9.59 Å². The highest BCUT2D eigenvalue weighted by molar-refractivity contribution is 5.93. The van der Waals surface area contributed by atoms with Crippen molar-refractivity contribution in [2.75, 3.05) is 28.4 Å². The van der Waals surface area contributed by atoms with E-state index in [1.54, 1.807) is 61.7 Å². The molecule has 3 aromatic carbocycles. The van der Waals surface area contributed by atoms with Crippen LogP contribution in [0.2, 0.25) is 0 Å². The van der Waals surface area contributed by atoms with E-state index in [-0.39, 0.29) is 16.9 Å². The number of hydrogen-bond donors (Lipinski definition) is 0. The van der Waals surface area contributed by atoms with Crippen LogP contribution < -0.4 is 29.3 Å². The Morgan fingerprint density at radius 1 is 0.676 bits per heavy atom. The second-order valence-corrected chi connectivity index (χ2v) is 7.20. The molecule has 0 radical (unpaired) electrons. The van der Waals surface area contributed by atoms with Gasteiger partial charge in [-0.15, -0.1) is 0 Å². The van der Waals surface area contributed by atoms with Crippen molar-refractivity contribution < 1.29 is 32.9 Å². The average molecular weight is 462 g/mol. The summed E-state index contributed by atoms with van der Waals surface area (Å²) < 4.78 is 32.1. The Morgan fingerprint density at radius 2 is 1.35 bits per heavy atom. The Balaban J connectivity index is 1.68. The number of ether oxygens (including phenoxy) is 5. The smallest absolute Gasteiger partial charge is 0.344 e. The molecule has 8 nitrogen and oxygen atoms in total. The highest BCUT2D eigenvalue weighted by Gasteiger charge is 2.16. The van der Waals surface area contributed by atoms with E-state index in [1.165, 1.54) is 27.4 Å². The lowest BCUT2D eigenvalue weighted by Crippen LogP contribution is -2.09. The van der Waals surface area contributed by atoms with Crippen LogP contribution in [0.3, 0.4) is 0 Å². The number of hydrogen-bond acceptors (Lipinski definition) is 8. The highest BCUT2D eigenvalue weighted by Crippen LogP contribution is 2.33. The zero-order chi connectivity index (χ0) is 24.2. The molecule has 0 aliphatic rings. The Labute approximate surface area is 195 Å². The molecule has 4 rings (SSSR count). The van der Waals surface area contributed by atoms with Gasteiger partial charge in [0.1, 0.15) is 34.3 Å². The second-order valence-electron chi connectivity index (χ2n) is 7.20. The topological polar surface area (TPSA) is 93.4 Å². The standard InChI is InChI=1S/C26H22O8/c1-29-17-7-8-23(32-4)21(13-17)22-11-15-5-6-18(14-24(15)34-26(22)28)33-25(27)16-9-19(30-2)12-20(10-16)31-3/h5-14H,1-4H3. The van der Waals surface area contributed by atoms with Crippen LogP contribution in [0.15, 0.2) is 69.9 Å². The predicted octanol–water partition coefficient (Wildman–Crippen LogP) is 4.71. The number of benzene rings is 3. The number of carbonyl (C=O) groups excluding carboxylic acids is 1. The van der Waals surface area contributed by atoms with Gasteiger partial charge in [0.05, 0.1) is 39.6 Å². The lowest BCUT2D eigenvalue weighted by molar-refractivity contribution is 0.0734. The third-order valence-corrected chi connectivity index (χ3v) is 5.20. The van der Waals surface area contributed by atoms with Crippen molar-refractivity contribution in [3.63, 3.8) is 0 Å². The van der Waals surface area contributed by atoms with Crippen molar-refractivity contribution in [1.29, 1.82) is 0 Å². The third kappa shape index (κ3) is 4.52. The van der Waals surface area contributed by atoms with Crippen molar-refractivity contribution in [3.8, 4) is 39.9 Å². The van der Waals surface area contributed by atoms with Gasteiger partial charge in [0.2, 0.25) is 0 Å². The van der Waals surface area contributed by atoms with Gasteiger partial charge in [-0.2, -0.15) is 0 Å². The number of carbonyl (C=O) groups is 1. The molecule has 0 fully saturated rings. The maximum Gasteiger partial charge on any atom is 0.344 e. The molecule has 0 aliphatic heterocycles. The van der Waals surface area contributed by atoms with Crippen LogP contribution in [0.5, 0.6) is 28.7 Å². The van der Waals surface area contributed by atoms with Gasteiger partial charge in [-0.3, -0.25) is 0 Å². The predicted molar refractivity (Wildman–Crippen MR) is 126 cm³/mol. The summed E-state index contributed by atoms with van der Waals surface area (Å²) in [5.41, 5.74) is 0.805. The molecule has 0 N–H and O–H groups in total. The van der Waals surface area contributed by atoms with Crippen LogP contribution in [0.1, 0.15) is 10.4 Å². The van der Waals surface area contributed by atoms with Crippen molar-refractivity contribution in [1.82, 2.24) is 0 Å². The second kappa shape index (κ2) is 9.58. The summed E-state index contributed by atoms with van der Waals surface area (Å²) in [4.78, 5) is 25.5. The molecule has 8 heteroatoms. The van der Waals surface area contributed by atoms with Crippen LogP contribution in [0, 0.1) is 0 Å². The molecule has 0 bridgehead atoms. The van der Waals surface area contributed by atoms with Gasteiger partial charge in [-0.25, -0.2) is 9.59 Å². The summed E-state index contributed by atoms with van der Waals surface area (Å²) in [6.45, 7) is 0. The van der Waals surface area contributed by atoms with Crippen molar-refractivity contribution >= 4 is 16.9 Å². The molecule has 0 spiro atoms. The number of esters is 1. The lowest BCUT2D eigenvalue weighted by Gasteiger charge is -2.11. The summed E-state index contributed by atoms with van der Waals surface area (Å²) in [6, 6.07) is 16.4. The maximum absolute atomic E-state index is 12.8. The first kappa shape index (κ1) is 22.7. The molecule has 0 atom stereocenters. The Hall–Kier alpha value is -4.46. The summed E-state index contributed by atoms with van der Waals surface area (Å²) >= 11 is 0. The number of rotatable bonds is 7. The normalized spacial score (nSPS) is 10.6. The summed E-state index contributed by atoms with van der Waals surface area (Å²) in [7, 11) is 6.04. The van der Waals surface area contributed by atoms with Crippen LogP contribution in [0.4, 0.5) is 0 Å². The summed E-state index contributed by atoms with van der Waals surface area (Å²) in [5, 5.41) is 0.641. The number of methoxy groups -OCH3 is 4. The minimum absolute atomic E-state index is 0.217. The Bertz CT molecular complexity index is 1400. The van der Waals surface area contributed by atoms with E-state index in [0.29, 0.717) is 39.5 Å². The third-order valence-electron chi connectivity index (χ3n) is 5.20. The zero-order valence-electron chi connectivity index (χ0n) is 19.0. The van der Waals surface area contributed by atoms with Gasteiger partial charge in [-0.05, 0) is 48.5 Å².